The Morgan fingerprint density at radius 3 is 2.68 bits per heavy atom. The number of nitrogens with two attached hydrogens (primary N) is 1. The maximum atomic E-state index is 5.94. The maximum Gasteiger partial charge on any atom is 0.242 e. The lowest BCUT2D eigenvalue weighted by atomic mass is 10.4. The Morgan fingerprint density at radius 2 is 2.05 bits per heavy atom. The summed E-state index contributed by atoms with van der Waals surface area (Å²) in [6.45, 7) is 3.80. The van der Waals surface area contributed by atoms with E-state index in [0.717, 1.165) is 0 Å². The standard InChI is InChI=1S/C12H14ClN5O/c1-7(2)19-12-10(14)11(16-6-17-12)18-9-4-3-8(13)5-15-9/h3-7H,14H2,1-2H3,(H,15,16,17,18). The molecule has 0 saturated carbocycles. The molecule has 0 spiro atoms. The monoisotopic (exact) mass is 279 g/mol. The molecule has 2 aromatic rings. The summed E-state index contributed by atoms with van der Waals surface area (Å²) < 4.78 is 5.48. The fraction of sp³-hybridized carbons (Fsp3) is 0.250. The molecule has 19 heavy (non-hydrogen) atoms. The number of rotatable bonds is 4. The van der Waals surface area contributed by atoms with Gasteiger partial charge in [-0.3, -0.25) is 0 Å². The highest BCUT2D eigenvalue weighted by Gasteiger charge is 2.11. The van der Waals surface area contributed by atoms with Crippen molar-refractivity contribution in [1.29, 1.82) is 0 Å². The Bertz CT molecular complexity index is 559. The van der Waals surface area contributed by atoms with Crippen LogP contribution in [-0.4, -0.2) is 21.1 Å². The van der Waals surface area contributed by atoms with Crippen LogP contribution in [0.25, 0.3) is 0 Å². The molecule has 0 aliphatic rings. The average Bonchev–Trinajstić information content (AvgIpc) is 2.36. The van der Waals surface area contributed by atoms with Gasteiger partial charge in [0.25, 0.3) is 0 Å². The molecule has 0 atom stereocenters. The third-order valence-electron chi connectivity index (χ3n) is 2.17. The summed E-state index contributed by atoms with van der Waals surface area (Å²) in [5.41, 5.74) is 6.28. The van der Waals surface area contributed by atoms with Crippen LogP contribution in [0.2, 0.25) is 5.02 Å². The summed E-state index contributed by atoms with van der Waals surface area (Å²) in [6, 6.07) is 3.45. The van der Waals surface area contributed by atoms with E-state index in [1.807, 2.05) is 13.8 Å². The smallest absolute Gasteiger partial charge is 0.242 e. The lowest BCUT2D eigenvalue weighted by Gasteiger charge is -2.13. The zero-order valence-electron chi connectivity index (χ0n) is 10.6. The summed E-state index contributed by atoms with van der Waals surface area (Å²) in [7, 11) is 0. The minimum absolute atomic E-state index is 0.0151. The zero-order chi connectivity index (χ0) is 13.8. The van der Waals surface area contributed by atoms with Gasteiger partial charge in [0.05, 0.1) is 11.1 Å². The number of hydrogen-bond acceptors (Lipinski definition) is 6. The topological polar surface area (TPSA) is 86.0 Å². The van der Waals surface area contributed by atoms with Crippen LogP contribution >= 0.6 is 11.6 Å². The van der Waals surface area contributed by atoms with Crippen LogP contribution in [0, 0.1) is 0 Å². The number of aromatic nitrogens is 3. The van der Waals surface area contributed by atoms with Gasteiger partial charge in [-0.15, -0.1) is 0 Å². The van der Waals surface area contributed by atoms with Crippen molar-refractivity contribution in [2.24, 2.45) is 0 Å². The fourth-order valence-electron chi connectivity index (χ4n) is 1.37. The summed E-state index contributed by atoms with van der Waals surface area (Å²) in [6.07, 6.45) is 2.90. The van der Waals surface area contributed by atoms with Gasteiger partial charge in [-0.25, -0.2) is 9.97 Å². The first-order chi connectivity index (χ1) is 9.06. The minimum Gasteiger partial charge on any atom is -0.473 e. The number of anilines is 3. The van der Waals surface area contributed by atoms with E-state index in [4.69, 9.17) is 22.1 Å². The predicted molar refractivity (Wildman–Crippen MR) is 74.7 cm³/mol. The normalized spacial score (nSPS) is 10.5. The van der Waals surface area contributed by atoms with Crippen molar-refractivity contribution < 1.29 is 4.74 Å². The van der Waals surface area contributed by atoms with Gasteiger partial charge in [0, 0.05) is 6.20 Å². The first-order valence-corrected chi connectivity index (χ1v) is 6.09. The summed E-state index contributed by atoms with van der Waals surface area (Å²) >= 11 is 5.77. The van der Waals surface area contributed by atoms with Gasteiger partial charge in [0.2, 0.25) is 5.88 Å². The number of nitrogen functional groups attached to an aromatic ring is 1. The van der Waals surface area contributed by atoms with E-state index in [-0.39, 0.29) is 6.10 Å². The average molecular weight is 280 g/mol. The first kappa shape index (κ1) is 13.4. The second kappa shape index (κ2) is 5.71. The number of nitrogens with zero attached hydrogens (tertiary/aromatic N) is 3. The third kappa shape index (κ3) is 3.45. The fourth-order valence-corrected chi connectivity index (χ4v) is 1.48. The molecule has 0 fully saturated rings. The molecule has 7 heteroatoms. The van der Waals surface area contributed by atoms with Gasteiger partial charge < -0.3 is 15.8 Å². The highest BCUT2D eigenvalue weighted by molar-refractivity contribution is 6.30. The highest BCUT2D eigenvalue weighted by Crippen LogP contribution is 2.27. The van der Waals surface area contributed by atoms with Gasteiger partial charge in [-0.05, 0) is 26.0 Å². The molecule has 0 aliphatic heterocycles. The van der Waals surface area contributed by atoms with Crippen LogP contribution in [0.5, 0.6) is 5.88 Å². The summed E-state index contributed by atoms with van der Waals surface area (Å²) in [4.78, 5) is 12.2. The third-order valence-corrected chi connectivity index (χ3v) is 2.39. The van der Waals surface area contributed by atoms with Crippen molar-refractivity contribution in [2.45, 2.75) is 20.0 Å². The quantitative estimate of drug-likeness (QED) is 0.895. The van der Waals surface area contributed by atoms with Crippen molar-refractivity contribution >= 4 is 28.9 Å². The number of nitrogens with one attached hydrogen (secondary N) is 1. The van der Waals surface area contributed by atoms with E-state index in [2.05, 4.69) is 20.3 Å². The Kier molecular flexibility index (Phi) is 4.01. The molecule has 2 aromatic heterocycles. The molecular weight excluding hydrogens is 266 g/mol. The molecule has 0 bridgehead atoms. The van der Waals surface area contributed by atoms with Crippen LogP contribution < -0.4 is 15.8 Å². The molecule has 0 saturated heterocycles. The van der Waals surface area contributed by atoms with Crippen LogP contribution in [0.15, 0.2) is 24.7 Å². The van der Waals surface area contributed by atoms with Crippen molar-refractivity contribution in [3.05, 3.63) is 29.7 Å². The van der Waals surface area contributed by atoms with Gasteiger partial charge in [0.1, 0.15) is 17.8 Å². The molecular formula is C12H14ClN5O. The molecule has 6 nitrogen and oxygen atoms in total. The lowest BCUT2D eigenvalue weighted by Crippen LogP contribution is -2.11. The highest BCUT2D eigenvalue weighted by atomic mass is 35.5. The SMILES string of the molecule is CC(C)Oc1ncnc(Nc2ccc(Cl)cn2)c1N. The summed E-state index contributed by atoms with van der Waals surface area (Å²) in [5, 5.41) is 3.55. The lowest BCUT2D eigenvalue weighted by molar-refractivity contribution is 0.234. The van der Waals surface area contributed by atoms with Gasteiger partial charge in [-0.1, -0.05) is 11.6 Å². The Balaban J connectivity index is 2.23. The molecule has 0 unspecified atom stereocenters. The van der Waals surface area contributed by atoms with Crippen LogP contribution in [-0.2, 0) is 0 Å². The van der Waals surface area contributed by atoms with Gasteiger partial charge in [0.15, 0.2) is 5.82 Å². The second-order valence-electron chi connectivity index (χ2n) is 4.09. The van der Waals surface area contributed by atoms with E-state index in [1.54, 1.807) is 12.1 Å². The largest absolute Gasteiger partial charge is 0.473 e. The van der Waals surface area contributed by atoms with Crippen molar-refractivity contribution in [2.75, 3.05) is 11.1 Å². The summed E-state index contributed by atoms with van der Waals surface area (Å²) in [5.74, 6) is 1.38. The van der Waals surface area contributed by atoms with E-state index < -0.39 is 0 Å². The van der Waals surface area contributed by atoms with Crippen LogP contribution in [0.4, 0.5) is 17.3 Å². The molecule has 100 valence electrons. The van der Waals surface area contributed by atoms with Gasteiger partial charge in [-0.2, -0.15) is 4.98 Å². The van der Waals surface area contributed by atoms with Crippen LogP contribution in [0.1, 0.15) is 13.8 Å². The number of ether oxygens (including phenoxy) is 1. The van der Waals surface area contributed by atoms with Crippen molar-refractivity contribution in [3.8, 4) is 5.88 Å². The maximum absolute atomic E-state index is 5.94. The number of halogens is 1. The van der Waals surface area contributed by atoms with Crippen molar-refractivity contribution in [1.82, 2.24) is 15.0 Å². The van der Waals surface area contributed by atoms with E-state index >= 15 is 0 Å². The first-order valence-electron chi connectivity index (χ1n) is 5.72. The molecule has 0 amide bonds. The van der Waals surface area contributed by atoms with Crippen LogP contribution in [0.3, 0.4) is 0 Å². The van der Waals surface area contributed by atoms with Crippen molar-refractivity contribution in [3.63, 3.8) is 0 Å². The molecule has 3 N–H and O–H groups in total. The number of hydrogen-bond donors (Lipinski definition) is 2. The molecule has 2 rings (SSSR count). The Morgan fingerprint density at radius 1 is 1.26 bits per heavy atom. The predicted octanol–water partition coefficient (Wildman–Crippen LogP) is 2.64. The second-order valence-corrected chi connectivity index (χ2v) is 4.53. The molecule has 0 aromatic carbocycles. The minimum atomic E-state index is -0.0151. The van der Waals surface area contributed by atoms with E-state index in [1.165, 1.54) is 12.5 Å². The van der Waals surface area contributed by atoms with E-state index in [9.17, 15) is 0 Å². The molecule has 0 radical (unpaired) electrons. The van der Waals surface area contributed by atoms with Gasteiger partial charge >= 0.3 is 0 Å². The Labute approximate surface area is 116 Å². The Hall–Kier alpha value is -2.08. The molecule has 2 heterocycles. The van der Waals surface area contributed by atoms with E-state index in [0.29, 0.717) is 28.2 Å². The molecule has 0 aliphatic carbocycles. The number of pyridine rings is 1. The zero-order valence-corrected chi connectivity index (χ0v) is 11.3.